The summed E-state index contributed by atoms with van der Waals surface area (Å²) in [7, 11) is 1.62. The molecule has 0 radical (unpaired) electrons. The van der Waals surface area contributed by atoms with Crippen LogP contribution in [0.15, 0.2) is 27.7 Å². The first-order chi connectivity index (χ1) is 6.13. The molecule has 0 saturated heterocycles. The molecule has 0 aliphatic heterocycles. The number of benzene rings is 1. The van der Waals surface area contributed by atoms with Crippen molar-refractivity contribution in [3.05, 3.63) is 27.7 Å². The average molecular weight is 263 g/mol. The molecule has 0 aromatic heterocycles. The summed E-state index contributed by atoms with van der Waals surface area (Å²) in [5, 5.41) is 3.56. The lowest BCUT2D eigenvalue weighted by Crippen LogP contribution is -2.21. The fourth-order valence-electron chi connectivity index (χ4n) is 0.778. The number of anilines is 1. The molecule has 0 atom stereocenters. The number of hydrogen-bond donors (Lipinski definition) is 2. The monoisotopic (exact) mass is 261 g/mol. The van der Waals surface area contributed by atoms with Gasteiger partial charge in [-0.1, -0.05) is 11.6 Å². The van der Waals surface area contributed by atoms with Gasteiger partial charge in [0.15, 0.2) is 5.96 Å². The summed E-state index contributed by atoms with van der Waals surface area (Å²) in [6.45, 7) is 0. The van der Waals surface area contributed by atoms with Crippen LogP contribution >= 0.6 is 27.5 Å². The molecular formula is C8H9BrClN3. The molecule has 1 rings (SSSR count). The molecule has 1 aromatic rings. The van der Waals surface area contributed by atoms with Gasteiger partial charge in [0.1, 0.15) is 0 Å². The highest BCUT2D eigenvalue weighted by molar-refractivity contribution is 9.10. The standard InChI is InChI=1S/C8H9BrClN3/c1-12-8(11)13-5-2-3-7(10)6(9)4-5/h2-4H,1H3,(H3,11,12,13). The van der Waals surface area contributed by atoms with Gasteiger partial charge in [-0.3, -0.25) is 4.99 Å². The highest BCUT2D eigenvalue weighted by Crippen LogP contribution is 2.25. The maximum absolute atomic E-state index is 5.81. The van der Waals surface area contributed by atoms with Gasteiger partial charge in [-0.15, -0.1) is 0 Å². The molecule has 0 aliphatic carbocycles. The van der Waals surface area contributed by atoms with Crippen molar-refractivity contribution >= 4 is 39.2 Å². The van der Waals surface area contributed by atoms with Crippen molar-refractivity contribution in [2.75, 3.05) is 12.4 Å². The van der Waals surface area contributed by atoms with E-state index in [1.165, 1.54) is 0 Å². The largest absolute Gasteiger partial charge is 0.370 e. The quantitative estimate of drug-likeness (QED) is 0.603. The topological polar surface area (TPSA) is 50.4 Å². The molecule has 3 nitrogen and oxygen atoms in total. The number of aliphatic imine (C=N–C) groups is 1. The van der Waals surface area contributed by atoms with E-state index in [2.05, 4.69) is 26.2 Å². The van der Waals surface area contributed by atoms with Crippen molar-refractivity contribution < 1.29 is 0 Å². The first-order valence-corrected chi connectivity index (χ1v) is 4.75. The second kappa shape index (κ2) is 4.48. The third-order valence-corrected chi connectivity index (χ3v) is 2.65. The van der Waals surface area contributed by atoms with Crippen LogP contribution in [0.3, 0.4) is 0 Å². The number of nitrogens with two attached hydrogens (primary N) is 1. The molecule has 0 fully saturated rings. The number of halogens is 2. The molecule has 0 unspecified atom stereocenters. The van der Waals surface area contributed by atoms with Crippen LogP contribution in [0.1, 0.15) is 0 Å². The molecule has 70 valence electrons. The highest BCUT2D eigenvalue weighted by Gasteiger charge is 1.98. The van der Waals surface area contributed by atoms with Crippen molar-refractivity contribution in [3.63, 3.8) is 0 Å². The number of hydrogen-bond acceptors (Lipinski definition) is 1. The second-order valence-electron chi connectivity index (χ2n) is 2.36. The van der Waals surface area contributed by atoms with Crippen LogP contribution in [0.2, 0.25) is 5.02 Å². The smallest absolute Gasteiger partial charge is 0.192 e. The Balaban J connectivity index is 2.86. The van der Waals surface area contributed by atoms with Gasteiger partial charge in [-0.25, -0.2) is 0 Å². The second-order valence-corrected chi connectivity index (χ2v) is 3.62. The van der Waals surface area contributed by atoms with Crippen LogP contribution in [0.25, 0.3) is 0 Å². The molecule has 3 N–H and O–H groups in total. The van der Waals surface area contributed by atoms with Crippen LogP contribution in [-0.4, -0.2) is 13.0 Å². The highest BCUT2D eigenvalue weighted by atomic mass is 79.9. The molecule has 0 amide bonds. The van der Waals surface area contributed by atoms with E-state index in [1.807, 2.05) is 12.1 Å². The Morgan fingerprint density at radius 1 is 1.62 bits per heavy atom. The summed E-state index contributed by atoms with van der Waals surface area (Å²) in [5.74, 6) is 0.370. The first-order valence-electron chi connectivity index (χ1n) is 3.58. The molecule has 0 heterocycles. The van der Waals surface area contributed by atoms with Gasteiger partial charge >= 0.3 is 0 Å². The number of nitrogens with zero attached hydrogens (tertiary/aromatic N) is 1. The summed E-state index contributed by atoms with van der Waals surface area (Å²) in [6, 6.07) is 5.43. The molecule has 5 heteroatoms. The maximum Gasteiger partial charge on any atom is 0.192 e. The predicted octanol–water partition coefficient (Wildman–Crippen LogP) is 2.46. The first kappa shape index (κ1) is 10.3. The van der Waals surface area contributed by atoms with Crippen molar-refractivity contribution in [3.8, 4) is 0 Å². The Labute approximate surface area is 90.1 Å². The van der Waals surface area contributed by atoms with Gasteiger partial charge in [-0.05, 0) is 34.1 Å². The van der Waals surface area contributed by atoms with Gasteiger partial charge < -0.3 is 11.1 Å². The van der Waals surface area contributed by atoms with Gasteiger partial charge in [0.05, 0.1) is 5.02 Å². The van der Waals surface area contributed by atoms with Crippen molar-refractivity contribution in [1.29, 1.82) is 0 Å². The minimum atomic E-state index is 0.370. The van der Waals surface area contributed by atoms with E-state index in [0.717, 1.165) is 10.2 Å². The van der Waals surface area contributed by atoms with E-state index in [1.54, 1.807) is 13.1 Å². The summed E-state index contributed by atoms with van der Waals surface area (Å²) in [6.07, 6.45) is 0. The number of guanidine groups is 1. The Hall–Kier alpha value is -0.740. The third kappa shape index (κ3) is 2.90. The number of nitrogens with one attached hydrogen (secondary N) is 1. The Morgan fingerprint density at radius 2 is 2.31 bits per heavy atom. The summed E-state index contributed by atoms with van der Waals surface area (Å²) in [5.41, 5.74) is 6.33. The van der Waals surface area contributed by atoms with E-state index in [0.29, 0.717) is 11.0 Å². The van der Waals surface area contributed by atoms with E-state index in [9.17, 15) is 0 Å². The Bertz CT molecular complexity index is 338. The number of rotatable bonds is 1. The van der Waals surface area contributed by atoms with Crippen molar-refractivity contribution in [2.45, 2.75) is 0 Å². The molecule has 0 bridgehead atoms. The maximum atomic E-state index is 5.81. The summed E-state index contributed by atoms with van der Waals surface area (Å²) < 4.78 is 0.822. The Morgan fingerprint density at radius 3 is 2.85 bits per heavy atom. The van der Waals surface area contributed by atoms with Gasteiger partial charge in [0, 0.05) is 17.2 Å². The zero-order chi connectivity index (χ0) is 9.84. The van der Waals surface area contributed by atoms with Crippen LogP contribution in [0.5, 0.6) is 0 Å². The average Bonchev–Trinajstić information content (AvgIpc) is 2.11. The summed E-state index contributed by atoms with van der Waals surface area (Å²) >= 11 is 9.12. The molecular weight excluding hydrogens is 253 g/mol. The normalized spacial score (nSPS) is 11.5. The summed E-state index contributed by atoms with van der Waals surface area (Å²) in [4.78, 5) is 3.77. The van der Waals surface area contributed by atoms with Gasteiger partial charge in [-0.2, -0.15) is 0 Å². The molecule has 0 aliphatic rings. The van der Waals surface area contributed by atoms with Crippen LogP contribution in [0.4, 0.5) is 5.69 Å². The van der Waals surface area contributed by atoms with Crippen LogP contribution in [0, 0.1) is 0 Å². The zero-order valence-corrected chi connectivity index (χ0v) is 9.35. The molecule has 1 aromatic carbocycles. The molecule has 0 saturated carbocycles. The third-order valence-electron chi connectivity index (χ3n) is 1.43. The van der Waals surface area contributed by atoms with E-state index < -0.39 is 0 Å². The predicted molar refractivity (Wildman–Crippen MR) is 60.3 cm³/mol. The lowest BCUT2D eigenvalue weighted by atomic mass is 10.3. The SMILES string of the molecule is CN=C(N)Nc1ccc(Cl)c(Br)c1. The van der Waals surface area contributed by atoms with Crippen LogP contribution < -0.4 is 11.1 Å². The Kier molecular flexibility index (Phi) is 3.57. The lowest BCUT2D eigenvalue weighted by molar-refractivity contribution is 1.38. The van der Waals surface area contributed by atoms with E-state index in [4.69, 9.17) is 17.3 Å². The zero-order valence-electron chi connectivity index (χ0n) is 7.01. The molecule has 0 spiro atoms. The van der Waals surface area contributed by atoms with E-state index in [-0.39, 0.29) is 0 Å². The van der Waals surface area contributed by atoms with Gasteiger partial charge in [0.25, 0.3) is 0 Å². The van der Waals surface area contributed by atoms with E-state index >= 15 is 0 Å². The fourth-order valence-corrected chi connectivity index (χ4v) is 1.27. The van der Waals surface area contributed by atoms with Crippen molar-refractivity contribution in [2.24, 2.45) is 10.7 Å². The lowest BCUT2D eigenvalue weighted by Gasteiger charge is -2.05. The van der Waals surface area contributed by atoms with Gasteiger partial charge in [0.2, 0.25) is 0 Å². The fraction of sp³-hybridized carbons (Fsp3) is 0.125. The van der Waals surface area contributed by atoms with Crippen molar-refractivity contribution in [1.82, 2.24) is 0 Å². The molecule has 13 heavy (non-hydrogen) atoms. The minimum absolute atomic E-state index is 0.370. The van der Waals surface area contributed by atoms with Crippen LogP contribution in [-0.2, 0) is 0 Å². The minimum Gasteiger partial charge on any atom is -0.370 e.